The molecule has 0 saturated heterocycles. The Morgan fingerprint density at radius 3 is 2.17 bits per heavy atom. The molecule has 0 aromatic carbocycles. The Balaban J connectivity index is 4.35. The van der Waals surface area contributed by atoms with Crippen LogP contribution in [0.5, 0.6) is 0 Å². The second-order valence-corrected chi connectivity index (χ2v) is 4.57. The monoisotopic (exact) mass is 260 g/mol. The van der Waals surface area contributed by atoms with Crippen LogP contribution in [0.3, 0.4) is 0 Å². The third kappa shape index (κ3) is 6.85. The van der Waals surface area contributed by atoms with Gasteiger partial charge in [0.15, 0.2) is 0 Å². The van der Waals surface area contributed by atoms with Crippen LogP contribution in [0.25, 0.3) is 0 Å². The normalized spacial score (nSPS) is 14.0. The molecular formula is C11H20N2O5. The topological polar surface area (TPSA) is 130 Å². The molecule has 7 nitrogen and oxygen atoms in total. The van der Waals surface area contributed by atoms with Crippen molar-refractivity contribution in [3.05, 3.63) is 0 Å². The number of rotatable bonds is 8. The number of nitrogens with two attached hydrogens (primary N) is 1. The Kier molecular flexibility index (Phi) is 6.96. The van der Waals surface area contributed by atoms with Gasteiger partial charge < -0.3 is 21.3 Å². The van der Waals surface area contributed by atoms with Gasteiger partial charge in [0.2, 0.25) is 5.91 Å². The molecule has 0 heterocycles. The molecule has 0 aromatic heterocycles. The maximum absolute atomic E-state index is 11.6. The van der Waals surface area contributed by atoms with Gasteiger partial charge >= 0.3 is 11.9 Å². The molecule has 0 unspecified atom stereocenters. The Hall–Kier alpha value is -1.63. The van der Waals surface area contributed by atoms with Crippen molar-refractivity contribution in [3.8, 4) is 0 Å². The Bertz CT molecular complexity index is 317. The lowest BCUT2D eigenvalue weighted by Gasteiger charge is -2.18. The van der Waals surface area contributed by atoms with Gasteiger partial charge in [0.25, 0.3) is 0 Å². The van der Waals surface area contributed by atoms with Gasteiger partial charge in [0, 0.05) is 6.42 Å². The lowest BCUT2D eigenvalue weighted by atomic mass is 10.0. The summed E-state index contributed by atoms with van der Waals surface area (Å²) in [7, 11) is 0. The predicted octanol–water partition coefficient (Wildman–Crippen LogP) is -0.206. The van der Waals surface area contributed by atoms with Crippen molar-refractivity contribution in [2.24, 2.45) is 11.7 Å². The Morgan fingerprint density at radius 1 is 1.22 bits per heavy atom. The van der Waals surface area contributed by atoms with Gasteiger partial charge in [-0.3, -0.25) is 9.59 Å². The first kappa shape index (κ1) is 16.4. The molecule has 0 rings (SSSR count). The van der Waals surface area contributed by atoms with Crippen LogP contribution >= 0.6 is 0 Å². The van der Waals surface area contributed by atoms with Crippen molar-refractivity contribution in [2.75, 3.05) is 0 Å². The fourth-order valence-electron chi connectivity index (χ4n) is 1.42. The third-order valence-electron chi connectivity index (χ3n) is 2.32. The molecule has 0 radical (unpaired) electrons. The number of nitrogens with one attached hydrogen (secondary N) is 1. The number of carboxylic acids is 2. The molecule has 0 saturated carbocycles. The Labute approximate surface area is 105 Å². The third-order valence-corrected chi connectivity index (χ3v) is 2.32. The maximum atomic E-state index is 11.6. The highest BCUT2D eigenvalue weighted by atomic mass is 16.4. The molecule has 0 spiro atoms. The number of aliphatic carboxylic acids is 2. The van der Waals surface area contributed by atoms with E-state index in [0.29, 0.717) is 6.42 Å². The fraction of sp³-hybridized carbons (Fsp3) is 0.727. The number of carbonyl (C=O) groups excluding carboxylic acids is 1. The number of carboxylic acid groups (broad SMARTS) is 2. The van der Waals surface area contributed by atoms with E-state index in [1.807, 2.05) is 13.8 Å². The highest BCUT2D eigenvalue weighted by Gasteiger charge is 2.24. The van der Waals surface area contributed by atoms with Crippen molar-refractivity contribution < 1.29 is 24.6 Å². The zero-order chi connectivity index (χ0) is 14.3. The maximum Gasteiger partial charge on any atom is 0.326 e. The van der Waals surface area contributed by atoms with Crippen LogP contribution in [0.2, 0.25) is 0 Å². The number of carbonyl (C=O) groups is 3. The van der Waals surface area contributed by atoms with Gasteiger partial charge in [0.05, 0.1) is 6.04 Å². The molecule has 0 aliphatic rings. The van der Waals surface area contributed by atoms with E-state index < -0.39 is 29.9 Å². The summed E-state index contributed by atoms with van der Waals surface area (Å²) in [6.45, 7) is 3.79. The standard InChI is InChI=1S/C11H20N2O5/c1-6(2)5-7(12)10(16)13-8(11(17)18)3-4-9(14)15/h6-8H,3-5,12H2,1-2H3,(H,13,16)(H,14,15)(H,17,18)/t7-,8-/m0/s1. The minimum Gasteiger partial charge on any atom is -0.481 e. The van der Waals surface area contributed by atoms with Crippen LogP contribution in [-0.4, -0.2) is 40.1 Å². The van der Waals surface area contributed by atoms with Crippen LogP contribution in [0.1, 0.15) is 33.1 Å². The average molecular weight is 260 g/mol. The van der Waals surface area contributed by atoms with E-state index in [2.05, 4.69) is 5.32 Å². The summed E-state index contributed by atoms with van der Waals surface area (Å²) in [6.07, 6.45) is -0.0431. The summed E-state index contributed by atoms with van der Waals surface area (Å²) >= 11 is 0. The summed E-state index contributed by atoms with van der Waals surface area (Å²) in [5, 5.41) is 19.6. The highest BCUT2D eigenvalue weighted by molar-refractivity contribution is 5.87. The van der Waals surface area contributed by atoms with E-state index in [4.69, 9.17) is 15.9 Å². The summed E-state index contributed by atoms with van der Waals surface area (Å²) in [5.41, 5.74) is 5.60. The van der Waals surface area contributed by atoms with Crippen molar-refractivity contribution in [3.63, 3.8) is 0 Å². The summed E-state index contributed by atoms with van der Waals surface area (Å²) in [6, 6.07) is -2.00. The van der Waals surface area contributed by atoms with Gasteiger partial charge in [0.1, 0.15) is 6.04 Å². The van der Waals surface area contributed by atoms with E-state index in [9.17, 15) is 14.4 Å². The zero-order valence-electron chi connectivity index (χ0n) is 10.5. The van der Waals surface area contributed by atoms with Crippen LogP contribution in [-0.2, 0) is 14.4 Å². The molecule has 1 amide bonds. The Morgan fingerprint density at radius 2 is 1.78 bits per heavy atom. The van der Waals surface area contributed by atoms with E-state index in [0.717, 1.165) is 0 Å². The second-order valence-electron chi connectivity index (χ2n) is 4.57. The number of hydrogen-bond acceptors (Lipinski definition) is 4. The average Bonchev–Trinajstić information content (AvgIpc) is 2.21. The van der Waals surface area contributed by atoms with Crippen molar-refractivity contribution in [2.45, 2.75) is 45.2 Å². The molecule has 0 aliphatic heterocycles. The lowest BCUT2D eigenvalue weighted by molar-refractivity contribution is -0.143. The van der Waals surface area contributed by atoms with Crippen molar-refractivity contribution in [1.82, 2.24) is 5.32 Å². The molecule has 104 valence electrons. The summed E-state index contributed by atoms with van der Waals surface area (Å²) < 4.78 is 0. The minimum absolute atomic E-state index is 0.162. The van der Waals surface area contributed by atoms with Crippen molar-refractivity contribution >= 4 is 17.8 Å². The van der Waals surface area contributed by atoms with E-state index >= 15 is 0 Å². The molecule has 5 N–H and O–H groups in total. The van der Waals surface area contributed by atoms with Gasteiger partial charge in [-0.2, -0.15) is 0 Å². The SMILES string of the molecule is CC(C)C[C@H](N)C(=O)N[C@@H](CCC(=O)O)C(=O)O. The quantitative estimate of drug-likeness (QED) is 0.478. The first-order valence-corrected chi connectivity index (χ1v) is 5.74. The molecular weight excluding hydrogens is 240 g/mol. The smallest absolute Gasteiger partial charge is 0.326 e. The number of amides is 1. The molecule has 0 aromatic rings. The van der Waals surface area contributed by atoms with Crippen LogP contribution < -0.4 is 11.1 Å². The molecule has 7 heteroatoms. The van der Waals surface area contributed by atoms with Crippen LogP contribution in [0, 0.1) is 5.92 Å². The molecule has 18 heavy (non-hydrogen) atoms. The molecule has 0 fully saturated rings. The molecule has 0 bridgehead atoms. The summed E-state index contributed by atoms with van der Waals surface area (Å²) in [5.74, 6) is -2.72. The first-order valence-electron chi connectivity index (χ1n) is 5.74. The van der Waals surface area contributed by atoms with Gasteiger partial charge in [-0.1, -0.05) is 13.8 Å². The molecule has 0 aliphatic carbocycles. The fourth-order valence-corrected chi connectivity index (χ4v) is 1.42. The predicted molar refractivity (Wildman–Crippen MR) is 63.9 cm³/mol. The van der Waals surface area contributed by atoms with Crippen LogP contribution in [0.15, 0.2) is 0 Å². The van der Waals surface area contributed by atoms with Gasteiger partial charge in [-0.05, 0) is 18.8 Å². The van der Waals surface area contributed by atoms with E-state index in [1.165, 1.54) is 0 Å². The van der Waals surface area contributed by atoms with Crippen molar-refractivity contribution in [1.29, 1.82) is 0 Å². The minimum atomic E-state index is -1.26. The zero-order valence-corrected chi connectivity index (χ0v) is 10.5. The second kappa shape index (κ2) is 7.65. The van der Waals surface area contributed by atoms with Gasteiger partial charge in [-0.15, -0.1) is 0 Å². The van der Waals surface area contributed by atoms with E-state index in [-0.39, 0.29) is 18.8 Å². The van der Waals surface area contributed by atoms with E-state index in [1.54, 1.807) is 0 Å². The van der Waals surface area contributed by atoms with Gasteiger partial charge in [-0.25, -0.2) is 4.79 Å². The lowest BCUT2D eigenvalue weighted by Crippen LogP contribution is -2.48. The highest BCUT2D eigenvalue weighted by Crippen LogP contribution is 2.04. The largest absolute Gasteiger partial charge is 0.481 e. The summed E-state index contributed by atoms with van der Waals surface area (Å²) in [4.78, 5) is 32.8. The first-order chi connectivity index (χ1) is 8.23. The molecule has 2 atom stereocenters. The van der Waals surface area contributed by atoms with Crippen LogP contribution in [0.4, 0.5) is 0 Å². The number of hydrogen-bond donors (Lipinski definition) is 4.